The van der Waals surface area contributed by atoms with Gasteiger partial charge in [0.05, 0.1) is 28.0 Å². The van der Waals surface area contributed by atoms with Crippen LogP contribution in [0.3, 0.4) is 0 Å². The number of rotatable bonds is 2. The van der Waals surface area contributed by atoms with E-state index in [0.29, 0.717) is 25.1 Å². The van der Waals surface area contributed by atoms with Gasteiger partial charge < -0.3 is 10.0 Å². The fraction of sp³-hybridized carbons (Fsp3) is 0.500. The fourth-order valence-corrected chi connectivity index (χ4v) is 2.77. The molecule has 15 heavy (non-hydrogen) atoms. The molecule has 2 heterocycles. The Kier molecular flexibility index (Phi) is 2.87. The number of aliphatic hydroxyl groups is 1. The van der Waals surface area contributed by atoms with E-state index in [9.17, 15) is 9.90 Å². The molecule has 0 spiro atoms. The van der Waals surface area contributed by atoms with Crippen molar-refractivity contribution < 1.29 is 9.90 Å². The lowest BCUT2D eigenvalue weighted by molar-refractivity contribution is -0.0826. The molecule has 0 aliphatic carbocycles. The molecule has 3 nitrogen and oxygen atoms in total. The third-order valence-corrected chi connectivity index (χ3v) is 4.23. The van der Waals surface area contributed by atoms with Crippen LogP contribution in [-0.2, 0) is 0 Å². The van der Waals surface area contributed by atoms with Gasteiger partial charge in [-0.3, -0.25) is 4.79 Å². The zero-order valence-corrected chi connectivity index (χ0v) is 10.8. The number of likely N-dealkylation sites (tertiary alicyclic amines) is 1. The summed E-state index contributed by atoms with van der Waals surface area (Å²) < 4.78 is 0.956. The van der Waals surface area contributed by atoms with E-state index >= 15 is 0 Å². The number of nitrogens with zero attached hydrogens (tertiary/aromatic N) is 1. The first-order valence-corrected chi connectivity index (χ1v) is 6.47. The number of thiophene rings is 1. The molecule has 0 unspecified atom stereocenters. The Labute approximate surface area is 101 Å². The van der Waals surface area contributed by atoms with Crippen molar-refractivity contribution in [1.29, 1.82) is 0 Å². The van der Waals surface area contributed by atoms with Crippen molar-refractivity contribution in [3.8, 4) is 0 Å². The van der Waals surface area contributed by atoms with Crippen molar-refractivity contribution in [1.82, 2.24) is 4.90 Å². The quantitative estimate of drug-likeness (QED) is 0.906. The number of carbonyl (C=O) groups excluding carboxylic acids is 1. The van der Waals surface area contributed by atoms with Gasteiger partial charge in [0.1, 0.15) is 0 Å². The van der Waals surface area contributed by atoms with Gasteiger partial charge in [-0.1, -0.05) is 6.92 Å². The summed E-state index contributed by atoms with van der Waals surface area (Å²) in [4.78, 5) is 13.5. The summed E-state index contributed by atoms with van der Waals surface area (Å²) in [5.41, 5.74) is 0.0492. The Morgan fingerprint density at radius 2 is 2.40 bits per heavy atom. The maximum atomic E-state index is 11.8. The molecule has 82 valence electrons. The highest BCUT2D eigenvalue weighted by atomic mass is 79.9. The van der Waals surface area contributed by atoms with Crippen LogP contribution in [0.25, 0.3) is 0 Å². The van der Waals surface area contributed by atoms with Gasteiger partial charge in [-0.2, -0.15) is 0 Å². The molecule has 5 heteroatoms. The van der Waals surface area contributed by atoms with Gasteiger partial charge in [0.15, 0.2) is 0 Å². The van der Waals surface area contributed by atoms with Crippen molar-refractivity contribution in [2.24, 2.45) is 0 Å². The molecule has 0 bridgehead atoms. The number of β-amino-alcohol motifs (C(OH)–C–C–N with tert-alkyl or cyclic N) is 1. The molecule has 1 aliphatic rings. The van der Waals surface area contributed by atoms with Crippen LogP contribution in [0.15, 0.2) is 15.2 Å². The lowest BCUT2D eigenvalue weighted by atomic mass is 9.91. The predicted octanol–water partition coefficient (Wildman–Crippen LogP) is 2.11. The van der Waals surface area contributed by atoms with Gasteiger partial charge in [-0.15, -0.1) is 11.3 Å². The van der Waals surface area contributed by atoms with Crippen molar-refractivity contribution in [2.75, 3.05) is 13.1 Å². The van der Waals surface area contributed by atoms with Crippen LogP contribution in [0.5, 0.6) is 0 Å². The van der Waals surface area contributed by atoms with Crippen LogP contribution in [-0.4, -0.2) is 34.6 Å². The second-order valence-electron chi connectivity index (χ2n) is 3.88. The van der Waals surface area contributed by atoms with Gasteiger partial charge in [0.2, 0.25) is 0 Å². The van der Waals surface area contributed by atoms with Crippen LogP contribution in [0.2, 0.25) is 0 Å². The van der Waals surface area contributed by atoms with Crippen LogP contribution >= 0.6 is 27.3 Å². The standard InChI is InChI=1S/C10H12BrNO2S/c1-2-10(14)5-12(6-10)9(13)7-3-8(11)15-4-7/h3-4,14H,2,5-6H2,1H3. The molecule has 1 aromatic rings. The second kappa shape index (κ2) is 3.88. The lowest BCUT2D eigenvalue weighted by Gasteiger charge is -2.46. The summed E-state index contributed by atoms with van der Waals surface area (Å²) in [6.07, 6.45) is 0.699. The zero-order chi connectivity index (χ0) is 11.1. The molecule has 0 radical (unpaired) electrons. The number of hydrogen-bond acceptors (Lipinski definition) is 3. The zero-order valence-electron chi connectivity index (χ0n) is 8.36. The Morgan fingerprint density at radius 1 is 1.73 bits per heavy atom. The van der Waals surface area contributed by atoms with E-state index in [1.165, 1.54) is 11.3 Å². The van der Waals surface area contributed by atoms with Crippen LogP contribution in [0.1, 0.15) is 23.7 Å². The topological polar surface area (TPSA) is 40.5 Å². The minimum Gasteiger partial charge on any atom is -0.386 e. The molecule has 1 N–H and O–H groups in total. The molecular formula is C10H12BrNO2S. The molecule has 1 aliphatic heterocycles. The van der Waals surface area contributed by atoms with E-state index in [-0.39, 0.29) is 5.91 Å². The molecule has 1 aromatic heterocycles. The van der Waals surface area contributed by atoms with E-state index in [4.69, 9.17) is 0 Å². The normalized spacial score (nSPS) is 18.7. The highest BCUT2D eigenvalue weighted by Gasteiger charge is 2.42. The SMILES string of the molecule is CCC1(O)CN(C(=O)c2csc(Br)c2)C1. The predicted molar refractivity (Wildman–Crippen MR) is 63.2 cm³/mol. The highest BCUT2D eigenvalue weighted by Crippen LogP contribution is 2.28. The number of amides is 1. The van der Waals surface area contributed by atoms with Crippen LogP contribution in [0, 0.1) is 0 Å². The van der Waals surface area contributed by atoms with E-state index < -0.39 is 5.60 Å². The van der Waals surface area contributed by atoms with E-state index in [2.05, 4.69) is 15.9 Å². The van der Waals surface area contributed by atoms with Gasteiger partial charge in [0.25, 0.3) is 5.91 Å². The average Bonchev–Trinajstić information content (AvgIpc) is 2.59. The van der Waals surface area contributed by atoms with Crippen LogP contribution < -0.4 is 0 Å². The summed E-state index contributed by atoms with van der Waals surface area (Å²) in [5.74, 6) is 0.00933. The van der Waals surface area contributed by atoms with Crippen molar-refractivity contribution in [3.05, 3.63) is 20.8 Å². The van der Waals surface area contributed by atoms with E-state index in [1.807, 2.05) is 18.4 Å². The Balaban J connectivity index is 2.00. The Bertz CT molecular complexity index is 385. The number of halogens is 1. The minimum atomic E-state index is -0.650. The molecular weight excluding hydrogens is 278 g/mol. The maximum Gasteiger partial charge on any atom is 0.254 e. The molecule has 0 aromatic carbocycles. The molecule has 1 saturated heterocycles. The second-order valence-corrected chi connectivity index (χ2v) is 6.17. The lowest BCUT2D eigenvalue weighted by Crippen LogP contribution is -2.63. The third kappa shape index (κ3) is 2.09. The number of carbonyl (C=O) groups is 1. The summed E-state index contributed by atoms with van der Waals surface area (Å²) in [6, 6.07) is 1.82. The molecule has 0 saturated carbocycles. The number of hydrogen-bond donors (Lipinski definition) is 1. The highest BCUT2D eigenvalue weighted by molar-refractivity contribution is 9.11. The molecule has 2 rings (SSSR count). The first-order chi connectivity index (χ1) is 7.04. The Hall–Kier alpha value is -0.390. The summed E-state index contributed by atoms with van der Waals surface area (Å²) in [7, 11) is 0. The average molecular weight is 290 g/mol. The van der Waals surface area contributed by atoms with E-state index in [1.54, 1.807) is 4.90 Å². The summed E-state index contributed by atoms with van der Waals surface area (Å²) in [5, 5.41) is 11.6. The minimum absolute atomic E-state index is 0.00933. The molecule has 1 fully saturated rings. The first-order valence-electron chi connectivity index (χ1n) is 4.80. The first kappa shape index (κ1) is 11.1. The van der Waals surface area contributed by atoms with Gasteiger partial charge in [0, 0.05) is 5.38 Å². The fourth-order valence-electron chi connectivity index (χ4n) is 1.64. The monoisotopic (exact) mass is 289 g/mol. The smallest absolute Gasteiger partial charge is 0.254 e. The van der Waals surface area contributed by atoms with Crippen molar-refractivity contribution in [2.45, 2.75) is 18.9 Å². The summed E-state index contributed by atoms with van der Waals surface area (Å²) in [6.45, 7) is 2.84. The third-order valence-electron chi connectivity index (χ3n) is 2.73. The maximum absolute atomic E-state index is 11.8. The van der Waals surface area contributed by atoms with E-state index in [0.717, 1.165) is 3.79 Å². The van der Waals surface area contributed by atoms with Crippen molar-refractivity contribution in [3.63, 3.8) is 0 Å². The van der Waals surface area contributed by atoms with Gasteiger partial charge >= 0.3 is 0 Å². The largest absolute Gasteiger partial charge is 0.386 e. The van der Waals surface area contributed by atoms with Crippen molar-refractivity contribution >= 4 is 33.2 Å². The summed E-state index contributed by atoms with van der Waals surface area (Å²) >= 11 is 4.82. The van der Waals surface area contributed by atoms with Gasteiger partial charge in [-0.05, 0) is 28.4 Å². The Morgan fingerprint density at radius 3 is 2.87 bits per heavy atom. The molecule has 1 amide bonds. The van der Waals surface area contributed by atoms with Gasteiger partial charge in [-0.25, -0.2) is 0 Å². The molecule has 0 atom stereocenters. The van der Waals surface area contributed by atoms with Crippen LogP contribution in [0.4, 0.5) is 0 Å².